The minimum absolute atomic E-state index is 0.106. The zero-order valence-electron chi connectivity index (χ0n) is 17.0. The average molecular weight is 435 g/mol. The largest absolute Gasteiger partial charge is 0.480 e. The quantitative estimate of drug-likeness (QED) is 0.0988. The number of carboxylic acid groups (broad SMARTS) is 1. The fraction of sp³-hybridized carbons (Fsp3) is 0.421. The number of rotatable bonds is 13. The van der Waals surface area contributed by atoms with Gasteiger partial charge in [0.2, 0.25) is 17.7 Å². The Bertz CT molecular complexity index is 781. The van der Waals surface area contributed by atoms with E-state index < -0.39 is 48.9 Å². The second kappa shape index (κ2) is 13.5. The van der Waals surface area contributed by atoms with Crippen LogP contribution >= 0.6 is 0 Å². The van der Waals surface area contributed by atoms with Gasteiger partial charge in [-0.1, -0.05) is 30.3 Å². The summed E-state index contributed by atoms with van der Waals surface area (Å²) in [5, 5.41) is 15.8. The van der Waals surface area contributed by atoms with Gasteiger partial charge in [0.15, 0.2) is 5.96 Å². The molecule has 0 spiro atoms. The van der Waals surface area contributed by atoms with Crippen LogP contribution in [0.2, 0.25) is 0 Å². The molecule has 0 aromatic heterocycles. The van der Waals surface area contributed by atoms with Crippen LogP contribution in [0.4, 0.5) is 0 Å². The molecule has 1 rings (SSSR count). The van der Waals surface area contributed by atoms with E-state index in [0.29, 0.717) is 12.8 Å². The van der Waals surface area contributed by atoms with Crippen LogP contribution in [0.1, 0.15) is 18.4 Å². The number of hydrogen-bond donors (Lipinski definition) is 7. The third-order valence-electron chi connectivity index (χ3n) is 4.07. The highest BCUT2D eigenvalue weighted by Crippen LogP contribution is 2.02. The summed E-state index contributed by atoms with van der Waals surface area (Å²) < 4.78 is 0. The number of carbonyl (C=O) groups excluding carboxylic acids is 3. The second-order valence-electron chi connectivity index (χ2n) is 6.69. The number of nitrogens with zero attached hydrogens (tertiary/aromatic N) is 1. The average Bonchev–Trinajstić information content (AvgIpc) is 2.72. The summed E-state index contributed by atoms with van der Waals surface area (Å²) in [4.78, 5) is 50.9. The summed E-state index contributed by atoms with van der Waals surface area (Å²) in [6.07, 6.45) is 0.826. The lowest BCUT2D eigenvalue weighted by molar-refractivity contribution is -0.138. The van der Waals surface area contributed by atoms with E-state index in [2.05, 4.69) is 20.9 Å². The van der Waals surface area contributed by atoms with Crippen LogP contribution in [0.3, 0.4) is 0 Å². The van der Waals surface area contributed by atoms with Crippen molar-refractivity contribution in [1.29, 1.82) is 0 Å². The molecule has 2 atom stereocenters. The van der Waals surface area contributed by atoms with Gasteiger partial charge in [-0.05, 0) is 24.8 Å². The number of carboxylic acids is 1. The molecule has 0 aliphatic heterocycles. The molecule has 1 aromatic rings. The highest BCUT2D eigenvalue weighted by Gasteiger charge is 2.22. The van der Waals surface area contributed by atoms with E-state index in [4.69, 9.17) is 22.3 Å². The maximum Gasteiger partial charge on any atom is 0.322 e. The van der Waals surface area contributed by atoms with Crippen molar-refractivity contribution in [2.24, 2.45) is 22.2 Å². The lowest BCUT2D eigenvalue weighted by Crippen LogP contribution is -2.51. The molecule has 10 N–H and O–H groups in total. The third kappa shape index (κ3) is 11.2. The van der Waals surface area contributed by atoms with Crippen LogP contribution in [-0.2, 0) is 25.6 Å². The summed E-state index contributed by atoms with van der Waals surface area (Å²) in [5.41, 5.74) is 17.2. The molecule has 0 aliphatic carbocycles. The Morgan fingerprint density at radius 3 is 2.26 bits per heavy atom. The Morgan fingerprint density at radius 1 is 1.00 bits per heavy atom. The Balaban J connectivity index is 2.54. The Labute approximate surface area is 179 Å². The van der Waals surface area contributed by atoms with Gasteiger partial charge in [-0.15, -0.1) is 0 Å². The first kappa shape index (κ1) is 25.4. The summed E-state index contributed by atoms with van der Waals surface area (Å²) in [5.74, 6) is -3.15. The van der Waals surface area contributed by atoms with Crippen molar-refractivity contribution in [3.05, 3.63) is 35.9 Å². The predicted octanol–water partition coefficient (Wildman–Crippen LogP) is -2.59. The Hall–Kier alpha value is -3.67. The summed E-state index contributed by atoms with van der Waals surface area (Å²) in [6.45, 7) is -0.756. The number of benzene rings is 1. The lowest BCUT2D eigenvalue weighted by Gasteiger charge is -2.18. The fourth-order valence-corrected chi connectivity index (χ4v) is 2.56. The molecule has 0 fully saturated rings. The van der Waals surface area contributed by atoms with Crippen molar-refractivity contribution in [2.45, 2.75) is 31.3 Å². The van der Waals surface area contributed by atoms with Crippen LogP contribution in [-0.4, -0.2) is 66.5 Å². The van der Waals surface area contributed by atoms with E-state index in [1.807, 2.05) is 30.3 Å². The summed E-state index contributed by atoms with van der Waals surface area (Å²) >= 11 is 0. The molecule has 0 bridgehead atoms. The molecule has 170 valence electrons. The van der Waals surface area contributed by atoms with Gasteiger partial charge in [0.1, 0.15) is 12.6 Å². The van der Waals surface area contributed by atoms with Gasteiger partial charge in [0, 0.05) is 6.54 Å². The predicted molar refractivity (Wildman–Crippen MR) is 114 cm³/mol. The zero-order valence-corrected chi connectivity index (χ0v) is 17.0. The molecule has 12 nitrogen and oxygen atoms in total. The number of amides is 3. The van der Waals surface area contributed by atoms with Crippen molar-refractivity contribution in [3.8, 4) is 0 Å². The molecule has 31 heavy (non-hydrogen) atoms. The SMILES string of the molecule is NC(N)=NCCCC(NC(=O)CNC(=O)C(N)Cc1ccccc1)C(=O)NCC(=O)O. The Morgan fingerprint density at radius 2 is 1.65 bits per heavy atom. The van der Waals surface area contributed by atoms with Crippen LogP contribution in [0, 0.1) is 0 Å². The smallest absolute Gasteiger partial charge is 0.322 e. The first-order chi connectivity index (χ1) is 14.7. The highest BCUT2D eigenvalue weighted by atomic mass is 16.4. The zero-order chi connectivity index (χ0) is 23.2. The maximum atomic E-state index is 12.2. The summed E-state index contributed by atoms with van der Waals surface area (Å²) in [6, 6.07) is 7.32. The van der Waals surface area contributed by atoms with Crippen molar-refractivity contribution in [1.82, 2.24) is 16.0 Å². The topological polar surface area (TPSA) is 215 Å². The minimum Gasteiger partial charge on any atom is -0.480 e. The van der Waals surface area contributed by atoms with Gasteiger partial charge < -0.3 is 38.3 Å². The van der Waals surface area contributed by atoms with Crippen LogP contribution < -0.4 is 33.2 Å². The lowest BCUT2D eigenvalue weighted by atomic mass is 10.1. The van der Waals surface area contributed by atoms with Gasteiger partial charge in [-0.2, -0.15) is 0 Å². The first-order valence-corrected chi connectivity index (χ1v) is 9.60. The van der Waals surface area contributed by atoms with E-state index in [0.717, 1.165) is 5.56 Å². The molecule has 3 amide bonds. The maximum absolute atomic E-state index is 12.2. The van der Waals surface area contributed by atoms with Crippen LogP contribution in [0.25, 0.3) is 0 Å². The van der Waals surface area contributed by atoms with Gasteiger partial charge in [-0.25, -0.2) is 0 Å². The fourth-order valence-electron chi connectivity index (χ4n) is 2.56. The molecular weight excluding hydrogens is 406 g/mol. The van der Waals surface area contributed by atoms with Crippen LogP contribution in [0.15, 0.2) is 35.3 Å². The first-order valence-electron chi connectivity index (χ1n) is 9.60. The molecule has 0 aliphatic rings. The standard InChI is InChI=1S/C19H29N7O5/c20-13(9-12-5-2-1-3-6-12)17(30)24-10-15(27)26-14(7-4-8-23-19(21)22)18(31)25-11-16(28)29/h1-3,5-6,13-14H,4,7-11,20H2,(H,24,30)(H,25,31)(H,26,27)(H,28,29)(H4,21,22,23). The van der Waals surface area contributed by atoms with Crippen molar-refractivity contribution < 1.29 is 24.3 Å². The van der Waals surface area contributed by atoms with Gasteiger partial charge in [0.25, 0.3) is 0 Å². The molecular formula is C19H29N7O5. The van der Waals surface area contributed by atoms with Crippen molar-refractivity contribution in [3.63, 3.8) is 0 Å². The van der Waals surface area contributed by atoms with E-state index >= 15 is 0 Å². The third-order valence-corrected chi connectivity index (χ3v) is 4.07. The molecule has 0 radical (unpaired) electrons. The number of nitrogens with one attached hydrogen (secondary N) is 3. The molecule has 0 heterocycles. The van der Waals surface area contributed by atoms with E-state index in [-0.39, 0.29) is 18.9 Å². The van der Waals surface area contributed by atoms with Crippen molar-refractivity contribution >= 4 is 29.7 Å². The van der Waals surface area contributed by atoms with Gasteiger partial charge in [0.05, 0.1) is 12.6 Å². The van der Waals surface area contributed by atoms with E-state index in [9.17, 15) is 19.2 Å². The van der Waals surface area contributed by atoms with Gasteiger partial charge >= 0.3 is 5.97 Å². The number of carbonyl (C=O) groups is 4. The molecule has 1 aromatic carbocycles. The number of nitrogens with two attached hydrogens (primary N) is 3. The number of hydrogen-bond acceptors (Lipinski definition) is 6. The van der Waals surface area contributed by atoms with E-state index in [1.165, 1.54) is 0 Å². The number of aliphatic carboxylic acids is 1. The summed E-state index contributed by atoms with van der Waals surface area (Å²) in [7, 11) is 0. The molecule has 2 unspecified atom stereocenters. The van der Waals surface area contributed by atoms with E-state index in [1.54, 1.807) is 0 Å². The van der Waals surface area contributed by atoms with Gasteiger partial charge in [-0.3, -0.25) is 24.2 Å². The highest BCUT2D eigenvalue weighted by molar-refractivity contribution is 5.92. The molecule has 0 saturated carbocycles. The molecule has 12 heteroatoms. The number of aliphatic imine (C=N–C) groups is 1. The molecule has 0 saturated heterocycles. The van der Waals surface area contributed by atoms with Crippen LogP contribution in [0.5, 0.6) is 0 Å². The monoisotopic (exact) mass is 435 g/mol. The number of guanidine groups is 1. The second-order valence-corrected chi connectivity index (χ2v) is 6.69. The minimum atomic E-state index is -1.22. The Kier molecular flexibility index (Phi) is 11.1. The van der Waals surface area contributed by atoms with Crippen molar-refractivity contribution in [2.75, 3.05) is 19.6 Å². The normalized spacial score (nSPS) is 12.2.